The predicted octanol–water partition coefficient (Wildman–Crippen LogP) is 6.73. The normalized spacial score (nSPS) is 10.8. The Morgan fingerprint density at radius 2 is 1.76 bits per heavy atom. The van der Waals surface area contributed by atoms with Crippen LogP contribution >= 0.6 is 27.5 Å². The number of alkyl halides is 1. The summed E-state index contributed by atoms with van der Waals surface area (Å²) < 4.78 is 27.9. The summed E-state index contributed by atoms with van der Waals surface area (Å²) in [6, 6.07) is 12.9. The Labute approximate surface area is 182 Å². The number of hydrogen-bond acceptors (Lipinski definition) is 1. The highest BCUT2D eigenvalue weighted by Crippen LogP contribution is 2.30. The molecule has 2 nitrogen and oxygen atoms in total. The molecule has 1 N–H and O–H groups in total. The highest BCUT2D eigenvalue weighted by atomic mass is 79.9. The van der Waals surface area contributed by atoms with Gasteiger partial charge in [0.15, 0.2) is 0 Å². The number of carbonyl (C=O) groups excluding carboxylic acids is 1. The van der Waals surface area contributed by atoms with Crippen molar-refractivity contribution >= 4 is 33.4 Å². The number of carbonyl (C=O) groups is 1. The molecule has 0 saturated heterocycles. The maximum atomic E-state index is 14.4. The minimum atomic E-state index is -0.655. The van der Waals surface area contributed by atoms with Crippen LogP contribution in [0, 0.1) is 25.5 Å². The van der Waals surface area contributed by atoms with Gasteiger partial charge in [0.1, 0.15) is 11.6 Å². The first-order valence-electron chi connectivity index (χ1n) is 8.97. The van der Waals surface area contributed by atoms with Crippen LogP contribution < -0.4 is 5.32 Å². The molecule has 0 aliphatic rings. The van der Waals surface area contributed by atoms with Gasteiger partial charge in [0.25, 0.3) is 5.91 Å². The minimum Gasteiger partial charge on any atom is -0.348 e. The van der Waals surface area contributed by atoms with Gasteiger partial charge in [-0.3, -0.25) is 4.79 Å². The van der Waals surface area contributed by atoms with Crippen molar-refractivity contribution in [1.82, 2.24) is 5.32 Å². The van der Waals surface area contributed by atoms with Crippen LogP contribution in [0.4, 0.5) is 8.78 Å². The maximum Gasteiger partial charge on any atom is 0.251 e. The van der Waals surface area contributed by atoms with Crippen LogP contribution in [0.2, 0.25) is 5.02 Å². The van der Waals surface area contributed by atoms with E-state index in [2.05, 4.69) is 21.2 Å². The lowest BCUT2D eigenvalue weighted by molar-refractivity contribution is 0.0951. The van der Waals surface area contributed by atoms with Crippen LogP contribution in [-0.2, 0) is 11.9 Å². The minimum absolute atomic E-state index is 0.276. The van der Waals surface area contributed by atoms with Crippen LogP contribution in [0.25, 0.3) is 11.1 Å². The molecule has 3 aromatic carbocycles. The zero-order valence-electron chi connectivity index (χ0n) is 16.0. The SMILES string of the molecule is Cc1cc(CNC(=O)c2cc(CBr)cc(-c3c(C)cc(F)cc3F)c2)ccc1Cl. The van der Waals surface area contributed by atoms with Gasteiger partial charge in [0, 0.05) is 34.1 Å². The molecule has 0 aliphatic carbocycles. The van der Waals surface area contributed by atoms with E-state index in [-0.39, 0.29) is 11.5 Å². The smallest absolute Gasteiger partial charge is 0.251 e. The fourth-order valence-electron chi connectivity index (χ4n) is 3.21. The molecule has 29 heavy (non-hydrogen) atoms. The van der Waals surface area contributed by atoms with E-state index in [1.54, 1.807) is 31.2 Å². The largest absolute Gasteiger partial charge is 0.348 e. The fraction of sp³-hybridized carbons (Fsp3) is 0.174. The summed E-state index contributed by atoms with van der Waals surface area (Å²) in [6.45, 7) is 3.89. The van der Waals surface area contributed by atoms with Crippen molar-refractivity contribution in [3.63, 3.8) is 0 Å². The first kappa shape index (κ1) is 21.5. The van der Waals surface area contributed by atoms with E-state index in [4.69, 9.17) is 11.6 Å². The molecule has 3 rings (SSSR count). The third kappa shape index (κ3) is 5.03. The van der Waals surface area contributed by atoms with E-state index >= 15 is 0 Å². The van der Waals surface area contributed by atoms with E-state index < -0.39 is 11.6 Å². The molecule has 0 bridgehead atoms. The first-order chi connectivity index (χ1) is 13.8. The van der Waals surface area contributed by atoms with E-state index in [0.29, 0.717) is 33.6 Å². The van der Waals surface area contributed by atoms with Gasteiger partial charge in [0.2, 0.25) is 0 Å². The molecule has 150 valence electrons. The molecule has 3 aromatic rings. The monoisotopic (exact) mass is 477 g/mol. The molecule has 0 atom stereocenters. The fourth-order valence-corrected chi connectivity index (χ4v) is 3.65. The molecular weight excluding hydrogens is 460 g/mol. The third-order valence-corrected chi connectivity index (χ3v) is 5.70. The lowest BCUT2D eigenvalue weighted by atomic mass is 9.96. The van der Waals surface area contributed by atoms with E-state index in [0.717, 1.165) is 22.8 Å². The van der Waals surface area contributed by atoms with Crippen molar-refractivity contribution in [3.8, 4) is 11.1 Å². The van der Waals surface area contributed by atoms with E-state index in [1.165, 1.54) is 6.07 Å². The zero-order valence-corrected chi connectivity index (χ0v) is 18.3. The molecule has 0 aliphatic heterocycles. The Kier molecular flexibility index (Phi) is 6.70. The van der Waals surface area contributed by atoms with Gasteiger partial charge in [-0.05, 0) is 65.9 Å². The van der Waals surface area contributed by atoms with E-state index in [1.807, 2.05) is 19.1 Å². The maximum absolute atomic E-state index is 14.4. The van der Waals surface area contributed by atoms with Crippen molar-refractivity contribution in [2.24, 2.45) is 0 Å². The average molecular weight is 479 g/mol. The molecule has 1 amide bonds. The van der Waals surface area contributed by atoms with Crippen molar-refractivity contribution in [3.05, 3.63) is 93.0 Å². The van der Waals surface area contributed by atoms with Crippen LogP contribution in [0.3, 0.4) is 0 Å². The van der Waals surface area contributed by atoms with Gasteiger partial charge in [-0.15, -0.1) is 0 Å². The van der Waals surface area contributed by atoms with Crippen LogP contribution in [0.15, 0.2) is 48.5 Å². The Morgan fingerprint density at radius 3 is 2.41 bits per heavy atom. The lowest BCUT2D eigenvalue weighted by Gasteiger charge is -2.13. The topological polar surface area (TPSA) is 29.1 Å². The van der Waals surface area contributed by atoms with Crippen LogP contribution in [0.5, 0.6) is 0 Å². The quantitative estimate of drug-likeness (QED) is 0.405. The summed E-state index contributed by atoms with van der Waals surface area (Å²) in [4.78, 5) is 12.7. The standard InChI is InChI=1S/C23H19BrClF2NO/c1-13-5-15(3-4-20(13)25)12-28-23(29)18-8-16(11-24)7-17(9-18)22-14(2)6-19(26)10-21(22)27/h3-10H,11-12H2,1-2H3,(H,28,29). The molecule has 0 heterocycles. The van der Waals surface area contributed by atoms with Crippen molar-refractivity contribution in [2.75, 3.05) is 0 Å². The van der Waals surface area contributed by atoms with Gasteiger partial charge in [-0.2, -0.15) is 0 Å². The van der Waals surface area contributed by atoms with E-state index in [9.17, 15) is 13.6 Å². The van der Waals surface area contributed by atoms with Crippen molar-refractivity contribution < 1.29 is 13.6 Å². The van der Waals surface area contributed by atoms with Gasteiger partial charge in [-0.25, -0.2) is 8.78 Å². The van der Waals surface area contributed by atoms with Gasteiger partial charge in [0.05, 0.1) is 0 Å². The molecule has 6 heteroatoms. The number of benzene rings is 3. The Morgan fingerprint density at radius 1 is 1.00 bits per heavy atom. The van der Waals surface area contributed by atoms with Gasteiger partial charge >= 0.3 is 0 Å². The Hall–Kier alpha value is -2.24. The Balaban J connectivity index is 1.90. The van der Waals surface area contributed by atoms with Crippen LogP contribution in [0.1, 0.15) is 32.6 Å². The first-order valence-corrected chi connectivity index (χ1v) is 10.5. The predicted molar refractivity (Wildman–Crippen MR) is 117 cm³/mol. The van der Waals surface area contributed by atoms with Crippen molar-refractivity contribution in [1.29, 1.82) is 0 Å². The highest BCUT2D eigenvalue weighted by molar-refractivity contribution is 9.08. The second kappa shape index (κ2) is 9.06. The van der Waals surface area contributed by atoms with Gasteiger partial charge < -0.3 is 5.32 Å². The summed E-state index contributed by atoms with van der Waals surface area (Å²) in [5.74, 6) is -1.56. The number of rotatable bonds is 5. The summed E-state index contributed by atoms with van der Waals surface area (Å²) >= 11 is 9.43. The molecule has 0 saturated carbocycles. The molecule has 0 spiro atoms. The number of aryl methyl sites for hydroxylation is 2. The molecule has 0 unspecified atom stereocenters. The molecular formula is C23H19BrClF2NO. The number of amides is 1. The Bertz CT molecular complexity index is 1060. The summed E-state index contributed by atoms with van der Waals surface area (Å²) in [6.07, 6.45) is 0. The summed E-state index contributed by atoms with van der Waals surface area (Å²) in [7, 11) is 0. The second-order valence-corrected chi connectivity index (χ2v) is 7.87. The summed E-state index contributed by atoms with van der Waals surface area (Å²) in [5, 5.41) is 4.05. The van der Waals surface area contributed by atoms with Crippen molar-refractivity contribution in [2.45, 2.75) is 25.7 Å². The highest BCUT2D eigenvalue weighted by Gasteiger charge is 2.15. The molecule has 0 aromatic heterocycles. The van der Waals surface area contributed by atoms with Crippen LogP contribution in [-0.4, -0.2) is 5.91 Å². The number of hydrogen-bond donors (Lipinski definition) is 1. The second-order valence-electron chi connectivity index (χ2n) is 6.90. The third-order valence-electron chi connectivity index (χ3n) is 4.63. The van der Waals surface area contributed by atoms with Gasteiger partial charge in [-0.1, -0.05) is 45.7 Å². The lowest BCUT2D eigenvalue weighted by Crippen LogP contribution is -2.23. The number of nitrogens with one attached hydrogen (secondary N) is 1. The summed E-state index contributed by atoms with van der Waals surface area (Å²) in [5.41, 5.74) is 4.38. The molecule has 0 fully saturated rings. The average Bonchev–Trinajstić information content (AvgIpc) is 2.67. The molecule has 0 radical (unpaired) electrons. The number of halogens is 4. The zero-order chi connectivity index (χ0) is 21.1.